The molecule has 1 N–H and O–H groups in total. The Morgan fingerprint density at radius 2 is 2.04 bits per heavy atom. The van der Waals surface area contributed by atoms with Crippen LogP contribution in [-0.4, -0.2) is 16.9 Å². The third kappa shape index (κ3) is 3.57. The maximum atomic E-state index is 13.8. The van der Waals surface area contributed by atoms with E-state index in [1.165, 1.54) is 30.4 Å². The fourth-order valence-electron chi connectivity index (χ4n) is 2.15. The third-order valence-corrected chi connectivity index (χ3v) is 4.18. The van der Waals surface area contributed by atoms with Gasteiger partial charge in [0.05, 0.1) is 15.8 Å². The van der Waals surface area contributed by atoms with Gasteiger partial charge >= 0.3 is 5.97 Å². The Bertz CT molecular complexity index is 890. The number of hydrogen-bond donors (Lipinski definition) is 1. The van der Waals surface area contributed by atoms with Crippen molar-refractivity contribution in [3.05, 3.63) is 58.9 Å². The second kappa shape index (κ2) is 6.76. The van der Waals surface area contributed by atoms with E-state index in [4.69, 9.17) is 4.74 Å². The maximum Gasteiger partial charge on any atom is 0.341 e. The van der Waals surface area contributed by atoms with Crippen molar-refractivity contribution in [3.63, 3.8) is 0 Å². The van der Waals surface area contributed by atoms with Crippen LogP contribution in [0.15, 0.2) is 42.5 Å². The average molecular weight is 344 g/mol. The number of ether oxygens (including phenoxy) is 1. The van der Waals surface area contributed by atoms with E-state index >= 15 is 0 Å². The molecule has 5 nitrogen and oxygen atoms in total. The number of hydrogen-bond acceptors (Lipinski definition) is 5. The van der Waals surface area contributed by atoms with Crippen molar-refractivity contribution < 1.29 is 18.7 Å². The number of benzene rings is 2. The number of esters is 1. The van der Waals surface area contributed by atoms with Crippen molar-refractivity contribution in [2.75, 3.05) is 5.32 Å². The minimum absolute atomic E-state index is 0.0397. The van der Waals surface area contributed by atoms with Crippen molar-refractivity contribution in [3.8, 4) is 0 Å². The van der Waals surface area contributed by atoms with E-state index in [1.807, 2.05) is 24.3 Å². The predicted octanol–water partition coefficient (Wildman–Crippen LogP) is 3.75. The van der Waals surface area contributed by atoms with Crippen molar-refractivity contribution in [1.29, 1.82) is 0 Å². The third-order valence-electron chi connectivity index (χ3n) is 3.17. The molecule has 2 aromatic carbocycles. The number of rotatable bonds is 4. The van der Waals surface area contributed by atoms with Gasteiger partial charge in [-0.25, -0.2) is 14.2 Å². The Labute approximate surface area is 141 Å². The zero-order valence-electron chi connectivity index (χ0n) is 12.7. The molecule has 0 saturated heterocycles. The van der Waals surface area contributed by atoms with Gasteiger partial charge in [-0.3, -0.25) is 4.79 Å². The van der Waals surface area contributed by atoms with Crippen molar-refractivity contribution in [2.45, 2.75) is 13.5 Å². The van der Waals surface area contributed by atoms with Gasteiger partial charge in [-0.05, 0) is 30.3 Å². The lowest BCUT2D eigenvalue weighted by Gasteiger charge is -2.07. The highest BCUT2D eigenvalue weighted by Gasteiger charge is 2.15. The summed E-state index contributed by atoms with van der Waals surface area (Å²) in [4.78, 5) is 27.5. The van der Waals surface area contributed by atoms with Crippen LogP contribution in [0.3, 0.4) is 0 Å². The first-order chi connectivity index (χ1) is 11.5. The molecule has 0 radical (unpaired) electrons. The number of amides is 1. The van der Waals surface area contributed by atoms with Gasteiger partial charge in [0, 0.05) is 12.6 Å². The minimum Gasteiger partial charge on any atom is -0.455 e. The summed E-state index contributed by atoms with van der Waals surface area (Å²) in [6.45, 7) is 1.29. The molecule has 0 atom stereocenters. The number of carbonyl (C=O) groups is 2. The lowest BCUT2D eigenvalue weighted by Crippen LogP contribution is -2.10. The Kier molecular flexibility index (Phi) is 4.52. The van der Waals surface area contributed by atoms with Crippen molar-refractivity contribution >= 4 is 39.1 Å². The van der Waals surface area contributed by atoms with E-state index in [1.54, 1.807) is 0 Å². The van der Waals surface area contributed by atoms with Crippen LogP contribution in [-0.2, 0) is 16.1 Å². The summed E-state index contributed by atoms with van der Waals surface area (Å²) >= 11 is 1.41. The molecule has 1 heterocycles. The van der Waals surface area contributed by atoms with E-state index in [-0.39, 0.29) is 18.1 Å². The summed E-state index contributed by atoms with van der Waals surface area (Å²) < 4.78 is 20.0. The first-order valence-corrected chi connectivity index (χ1v) is 7.93. The average Bonchev–Trinajstić information content (AvgIpc) is 2.97. The molecule has 7 heteroatoms. The smallest absolute Gasteiger partial charge is 0.341 e. The molecule has 0 fully saturated rings. The summed E-state index contributed by atoms with van der Waals surface area (Å²) in [5, 5.41) is 3.12. The Hall–Kier alpha value is -2.80. The number of aromatic nitrogens is 1. The number of fused-ring (bicyclic) bond motifs is 1. The lowest BCUT2D eigenvalue weighted by molar-refractivity contribution is -0.114. The second-order valence-corrected chi connectivity index (χ2v) is 6.14. The van der Waals surface area contributed by atoms with E-state index < -0.39 is 11.8 Å². The molecule has 1 aromatic heterocycles. The molecule has 0 bridgehead atoms. The molecule has 0 unspecified atom stereocenters. The largest absolute Gasteiger partial charge is 0.455 e. The number of halogens is 1. The van der Waals surface area contributed by atoms with Gasteiger partial charge in [0.25, 0.3) is 0 Å². The van der Waals surface area contributed by atoms with Gasteiger partial charge < -0.3 is 10.1 Å². The number of nitrogens with zero attached hydrogens (tertiary/aromatic N) is 1. The van der Waals surface area contributed by atoms with Gasteiger partial charge in [-0.1, -0.05) is 12.1 Å². The second-order valence-electron chi connectivity index (χ2n) is 5.03. The van der Waals surface area contributed by atoms with Gasteiger partial charge in [-0.2, -0.15) is 0 Å². The van der Waals surface area contributed by atoms with Gasteiger partial charge in [-0.15, -0.1) is 11.3 Å². The molecule has 1 amide bonds. The van der Waals surface area contributed by atoms with Crippen molar-refractivity contribution in [2.24, 2.45) is 0 Å². The van der Waals surface area contributed by atoms with Crippen LogP contribution in [0, 0.1) is 5.82 Å². The minimum atomic E-state index is -0.807. The first kappa shape index (κ1) is 16.1. The van der Waals surface area contributed by atoms with E-state index in [9.17, 15) is 14.0 Å². The molecule has 0 aliphatic rings. The molecule has 0 aliphatic carbocycles. The summed E-state index contributed by atoms with van der Waals surface area (Å²) in [6, 6.07) is 11.3. The van der Waals surface area contributed by atoms with Crippen LogP contribution in [0.1, 0.15) is 22.3 Å². The number of anilines is 1. The quantitative estimate of drug-likeness (QED) is 0.732. The number of para-hydroxylation sites is 1. The number of nitrogens with one attached hydrogen (secondary N) is 1. The van der Waals surface area contributed by atoms with E-state index in [0.29, 0.717) is 10.7 Å². The molecule has 0 aliphatic heterocycles. The molecule has 3 rings (SSSR count). The first-order valence-electron chi connectivity index (χ1n) is 7.11. The van der Waals surface area contributed by atoms with Crippen molar-refractivity contribution in [1.82, 2.24) is 4.98 Å². The zero-order chi connectivity index (χ0) is 17.1. The molecule has 3 aromatic rings. The highest BCUT2D eigenvalue weighted by atomic mass is 32.1. The highest BCUT2D eigenvalue weighted by molar-refractivity contribution is 7.18. The topological polar surface area (TPSA) is 68.3 Å². The van der Waals surface area contributed by atoms with Crippen LogP contribution in [0.25, 0.3) is 10.2 Å². The summed E-state index contributed by atoms with van der Waals surface area (Å²) in [5.74, 6) is -1.83. The van der Waals surface area contributed by atoms with E-state index in [0.717, 1.165) is 16.3 Å². The number of carbonyl (C=O) groups excluding carboxylic acids is 2. The van der Waals surface area contributed by atoms with Crippen LogP contribution in [0.2, 0.25) is 0 Å². The van der Waals surface area contributed by atoms with Crippen LogP contribution < -0.4 is 5.32 Å². The Morgan fingerprint density at radius 1 is 1.25 bits per heavy atom. The molecular weight excluding hydrogens is 331 g/mol. The Balaban J connectivity index is 1.73. The molecule has 24 heavy (non-hydrogen) atoms. The molecular formula is C17H13FN2O3S. The van der Waals surface area contributed by atoms with Crippen LogP contribution in [0.4, 0.5) is 10.1 Å². The molecule has 0 saturated carbocycles. The van der Waals surface area contributed by atoms with Crippen LogP contribution >= 0.6 is 11.3 Å². The predicted molar refractivity (Wildman–Crippen MR) is 89.4 cm³/mol. The fraction of sp³-hybridized carbons (Fsp3) is 0.118. The Morgan fingerprint density at radius 3 is 2.79 bits per heavy atom. The summed E-state index contributed by atoms with van der Waals surface area (Å²) in [7, 11) is 0. The normalized spacial score (nSPS) is 10.6. The SMILES string of the molecule is CC(=O)Nc1ccc(F)c(C(=O)OCc2nc3ccccc3s2)c1. The number of thiazole rings is 1. The summed E-state index contributed by atoms with van der Waals surface area (Å²) in [5.41, 5.74) is 0.922. The van der Waals surface area contributed by atoms with E-state index in [2.05, 4.69) is 10.3 Å². The van der Waals surface area contributed by atoms with Gasteiger partial charge in [0.15, 0.2) is 0 Å². The standard InChI is InChI=1S/C17H13FN2O3S/c1-10(21)19-11-6-7-13(18)12(8-11)17(22)23-9-16-20-14-4-2-3-5-15(14)24-16/h2-8H,9H2,1H3,(H,19,21). The zero-order valence-corrected chi connectivity index (χ0v) is 13.5. The van der Waals surface area contributed by atoms with Gasteiger partial charge in [0.1, 0.15) is 17.4 Å². The monoisotopic (exact) mass is 344 g/mol. The summed E-state index contributed by atoms with van der Waals surface area (Å²) in [6.07, 6.45) is 0. The fourth-order valence-corrected chi connectivity index (χ4v) is 3.03. The van der Waals surface area contributed by atoms with Crippen LogP contribution in [0.5, 0.6) is 0 Å². The molecule has 0 spiro atoms. The molecule has 122 valence electrons. The van der Waals surface area contributed by atoms with Gasteiger partial charge in [0.2, 0.25) is 5.91 Å². The maximum absolute atomic E-state index is 13.8. The lowest BCUT2D eigenvalue weighted by atomic mass is 10.2. The highest BCUT2D eigenvalue weighted by Crippen LogP contribution is 2.23.